The van der Waals surface area contributed by atoms with Crippen LogP contribution in [0.5, 0.6) is 5.75 Å². The van der Waals surface area contributed by atoms with Gasteiger partial charge in [-0.25, -0.2) is 4.39 Å². The summed E-state index contributed by atoms with van der Waals surface area (Å²) in [5.41, 5.74) is -0.322. The zero-order valence-corrected chi connectivity index (χ0v) is 9.87. The summed E-state index contributed by atoms with van der Waals surface area (Å²) in [5, 5.41) is 12.0. The summed E-state index contributed by atoms with van der Waals surface area (Å²) in [5.74, 6) is -1.72. The largest absolute Gasteiger partial charge is 0.507 e. The minimum atomic E-state index is -0.735. The van der Waals surface area contributed by atoms with Crippen LogP contribution < -0.4 is 5.32 Å². The topological polar surface area (TPSA) is 58.6 Å². The molecule has 0 saturated carbocycles. The summed E-state index contributed by atoms with van der Waals surface area (Å²) in [6, 6.07) is 3.60. The molecule has 0 aliphatic rings. The monoisotopic (exact) mass is 241 g/mol. The van der Waals surface area contributed by atoms with Gasteiger partial charge in [-0.2, -0.15) is 0 Å². The van der Waals surface area contributed by atoms with Crippen molar-refractivity contribution in [1.82, 2.24) is 5.32 Å². The molecule has 1 aromatic rings. The lowest BCUT2D eigenvalue weighted by molar-refractivity contribution is 0.0922. The Balaban J connectivity index is 2.70. The fourth-order valence-corrected chi connectivity index (χ4v) is 1.40. The lowest BCUT2D eigenvalue weighted by Gasteiger charge is -2.14. The second-order valence-electron chi connectivity index (χ2n) is 3.79. The first-order valence-corrected chi connectivity index (χ1v) is 5.33. The Morgan fingerprint density at radius 2 is 2.29 bits per heavy atom. The SMILES string of the molecule is COCCC(C)NC(=O)c1c(O)cccc1F. The predicted molar refractivity (Wildman–Crippen MR) is 61.5 cm³/mol. The van der Waals surface area contributed by atoms with E-state index in [0.29, 0.717) is 13.0 Å². The Morgan fingerprint density at radius 1 is 1.59 bits per heavy atom. The maximum atomic E-state index is 13.4. The van der Waals surface area contributed by atoms with Gasteiger partial charge in [-0.1, -0.05) is 6.07 Å². The van der Waals surface area contributed by atoms with Gasteiger partial charge in [0.05, 0.1) is 0 Å². The number of nitrogens with one attached hydrogen (secondary N) is 1. The summed E-state index contributed by atoms with van der Waals surface area (Å²) in [6.07, 6.45) is 0.622. The van der Waals surface area contributed by atoms with E-state index in [2.05, 4.69) is 5.32 Å². The summed E-state index contributed by atoms with van der Waals surface area (Å²) >= 11 is 0. The highest BCUT2D eigenvalue weighted by Gasteiger charge is 2.17. The molecule has 1 rings (SSSR count). The normalized spacial score (nSPS) is 12.2. The van der Waals surface area contributed by atoms with Crippen molar-refractivity contribution >= 4 is 5.91 Å². The number of phenols is 1. The number of phenolic OH excluding ortho intramolecular Hbond substituents is 1. The molecule has 94 valence electrons. The van der Waals surface area contributed by atoms with Gasteiger partial charge in [-0.05, 0) is 25.5 Å². The number of benzene rings is 1. The third-order valence-electron chi connectivity index (χ3n) is 2.35. The van der Waals surface area contributed by atoms with Gasteiger partial charge in [0.25, 0.3) is 5.91 Å². The average Bonchev–Trinajstić information content (AvgIpc) is 2.26. The molecule has 0 aliphatic carbocycles. The highest BCUT2D eigenvalue weighted by molar-refractivity contribution is 5.97. The van der Waals surface area contributed by atoms with Gasteiger partial charge >= 0.3 is 0 Å². The molecule has 1 aromatic carbocycles. The van der Waals surface area contributed by atoms with Gasteiger partial charge in [0, 0.05) is 19.8 Å². The zero-order chi connectivity index (χ0) is 12.8. The molecule has 0 spiro atoms. The van der Waals surface area contributed by atoms with E-state index in [4.69, 9.17) is 4.74 Å². The number of carbonyl (C=O) groups excluding carboxylic acids is 1. The van der Waals surface area contributed by atoms with E-state index in [1.54, 1.807) is 14.0 Å². The number of halogens is 1. The summed E-state index contributed by atoms with van der Waals surface area (Å²) in [4.78, 5) is 11.7. The van der Waals surface area contributed by atoms with Crippen LogP contribution in [0, 0.1) is 5.82 Å². The standard InChI is InChI=1S/C12H16FNO3/c1-8(6-7-17-2)14-12(16)11-9(13)4-3-5-10(11)15/h3-5,8,15H,6-7H2,1-2H3,(H,14,16). The average molecular weight is 241 g/mol. The zero-order valence-electron chi connectivity index (χ0n) is 9.87. The molecule has 0 aromatic heterocycles. The molecule has 1 amide bonds. The Morgan fingerprint density at radius 3 is 2.88 bits per heavy atom. The van der Waals surface area contributed by atoms with Gasteiger partial charge in [0.1, 0.15) is 17.1 Å². The summed E-state index contributed by atoms with van der Waals surface area (Å²) in [6.45, 7) is 2.29. The van der Waals surface area contributed by atoms with Crippen molar-refractivity contribution in [2.45, 2.75) is 19.4 Å². The first-order valence-electron chi connectivity index (χ1n) is 5.33. The molecule has 2 N–H and O–H groups in total. The van der Waals surface area contributed by atoms with E-state index in [9.17, 15) is 14.3 Å². The second kappa shape index (κ2) is 6.20. The van der Waals surface area contributed by atoms with E-state index < -0.39 is 11.7 Å². The van der Waals surface area contributed by atoms with Crippen LogP contribution in [0.25, 0.3) is 0 Å². The number of aromatic hydroxyl groups is 1. The minimum absolute atomic E-state index is 0.151. The van der Waals surface area contributed by atoms with Crippen LogP contribution in [0.1, 0.15) is 23.7 Å². The fraction of sp³-hybridized carbons (Fsp3) is 0.417. The Kier molecular flexibility index (Phi) is 4.90. The minimum Gasteiger partial charge on any atom is -0.507 e. The lowest BCUT2D eigenvalue weighted by Crippen LogP contribution is -2.33. The van der Waals surface area contributed by atoms with Gasteiger partial charge in [-0.3, -0.25) is 4.79 Å². The van der Waals surface area contributed by atoms with Gasteiger partial charge in [-0.15, -0.1) is 0 Å². The molecule has 0 radical (unpaired) electrons. The molecule has 1 atom stereocenters. The van der Waals surface area contributed by atoms with Crippen LogP contribution in [0.3, 0.4) is 0 Å². The third-order valence-corrected chi connectivity index (χ3v) is 2.35. The fourth-order valence-electron chi connectivity index (χ4n) is 1.40. The van der Waals surface area contributed by atoms with Crippen LogP contribution in [0.4, 0.5) is 4.39 Å². The van der Waals surface area contributed by atoms with Crippen molar-refractivity contribution in [1.29, 1.82) is 0 Å². The highest BCUT2D eigenvalue weighted by atomic mass is 19.1. The third kappa shape index (κ3) is 3.71. The summed E-state index contributed by atoms with van der Waals surface area (Å²) in [7, 11) is 1.57. The van der Waals surface area contributed by atoms with Crippen LogP contribution in [-0.2, 0) is 4.74 Å². The highest BCUT2D eigenvalue weighted by Crippen LogP contribution is 2.19. The number of carbonyl (C=O) groups is 1. The molecule has 0 fully saturated rings. The van der Waals surface area contributed by atoms with E-state index in [0.717, 1.165) is 6.07 Å². The maximum Gasteiger partial charge on any atom is 0.258 e. The molecule has 4 nitrogen and oxygen atoms in total. The van der Waals surface area contributed by atoms with Crippen molar-refractivity contribution in [2.75, 3.05) is 13.7 Å². The Hall–Kier alpha value is -1.62. The molecular formula is C12H16FNO3. The van der Waals surface area contributed by atoms with Crippen molar-refractivity contribution in [3.05, 3.63) is 29.6 Å². The number of rotatable bonds is 5. The predicted octanol–water partition coefficient (Wildman–Crippen LogP) is 1.69. The first kappa shape index (κ1) is 13.4. The van der Waals surface area contributed by atoms with Crippen molar-refractivity contribution < 1.29 is 19.0 Å². The van der Waals surface area contributed by atoms with Crippen LogP contribution in [0.15, 0.2) is 18.2 Å². The number of ether oxygens (including phenoxy) is 1. The molecule has 17 heavy (non-hydrogen) atoms. The van der Waals surface area contributed by atoms with Crippen molar-refractivity contribution in [2.24, 2.45) is 0 Å². The van der Waals surface area contributed by atoms with Gasteiger partial charge < -0.3 is 15.2 Å². The van der Waals surface area contributed by atoms with Crippen LogP contribution in [-0.4, -0.2) is 30.8 Å². The molecule has 0 heterocycles. The van der Waals surface area contributed by atoms with E-state index in [1.807, 2.05) is 0 Å². The van der Waals surface area contributed by atoms with Gasteiger partial charge in [0.2, 0.25) is 0 Å². The molecule has 0 aliphatic heterocycles. The Labute approximate surface area is 99.4 Å². The quantitative estimate of drug-likeness (QED) is 0.824. The number of amides is 1. The van der Waals surface area contributed by atoms with Crippen molar-refractivity contribution in [3.8, 4) is 5.75 Å². The number of methoxy groups -OCH3 is 1. The van der Waals surface area contributed by atoms with Crippen LogP contribution in [0.2, 0.25) is 0 Å². The lowest BCUT2D eigenvalue weighted by atomic mass is 10.1. The second-order valence-corrected chi connectivity index (χ2v) is 3.79. The van der Waals surface area contributed by atoms with E-state index in [-0.39, 0.29) is 17.4 Å². The molecule has 0 bridgehead atoms. The maximum absolute atomic E-state index is 13.4. The van der Waals surface area contributed by atoms with Gasteiger partial charge in [0.15, 0.2) is 0 Å². The number of hydrogen-bond acceptors (Lipinski definition) is 3. The van der Waals surface area contributed by atoms with E-state index in [1.165, 1.54) is 12.1 Å². The first-order chi connectivity index (χ1) is 8.06. The molecular weight excluding hydrogens is 225 g/mol. The smallest absolute Gasteiger partial charge is 0.258 e. The summed E-state index contributed by atoms with van der Waals surface area (Å²) < 4.78 is 18.2. The molecule has 0 saturated heterocycles. The van der Waals surface area contributed by atoms with Crippen molar-refractivity contribution in [3.63, 3.8) is 0 Å². The molecule has 1 unspecified atom stereocenters. The van der Waals surface area contributed by atoms with Crippen LogP contribution >= 0.6 is 0 Å². The number of hydrogen-bond donors (Lipinski definition) is 2. The molecule has 5 heteroatoms. The Bertz CT molecular complexity index is 375. The van der Waals surface area contributed by atoms with E-state index >= 15 is 0 Å².